The minimum Gasteiger partial charge on any atom is -0.494 e. The van der Waals surface area contributed by atoms with E-state index in [9.17, 15) is 0 Å². The highest BCUT2D eigenvalue weighted by Gasteiger charge is 2.16. The number of hydrogen-bond acceptors (Lipinski definition) is 4. The predicted molar refractivity (Wildman–Crippen MR) is 165 cm³/mol. The second kappa shape index (κ2) is 15.1. The van der Waals surface area contributed by atoms with Gasteiger partial charge >= 0.3 is 0 Å². The average Bonchev–Trinajstić information content (AvgIpc) is 3.41. The fourth-order valence-corrected chi connectivity index (χ4v) is 5.50. The number of ether oxygens (including phenoxy) is 1. The minimum absolute atomic E-state index is 0.180. The Morgan fingerprint density at radius 3 is 2.70 bits per heavy atom. The number of halogens is 1. The predicted octanol–water partition coefficient (Wildman–Crippen LogP) is 7.36. The third-order valence-corrected chi connectivity index (χ3v) is 7.97. The van der Waals surface area contributed by atoms with Crippen LogP contribution in [0, 0.1) is 13.8 Å². The topological polar surface area (TPSA) is 44.7 Å². The molecule has 0 amide bonds. The summed E-state index contributed by atoms with van der Waals surface area (Å²) in [6, 6.07) is 11.8. The zero-order valence-electron chi connectivity index (χ0n) is 24.4. The Morgan fingerprint density at radius 2 is 1.93 bits per heavy atom. The van der Waals surface area contributed by atoms with Crippen LogP contribution in [0.15, 0.2) is 66.0 Å². The molecule has 2 aromatic carbocycles. The molecule has 5 heteroatoms. The third kappa shape index (κ3) is 8.03. The summed E-state index contributed by atoms with van der Waals surface area (Å²) in [5, 5.41) is 12.3. The standard InChI is InChI=1S/C35H45FN2O2/c1-26-23-30(15-16-31(26)25-37-17-9-21-39)34(36)24-29-11-8-13-32(27(29)2)33-12-4-5-14-35(28(33)3)40-22-10-20-38-18-6-7-19-38/h4,8,11-16,23-24,37,39H,5-7,9-10,17-22,25H2,1-3H3/b34-24-. The first-order valence-electron chi connectivity index (χ1n) is 14.8. The second-order valence-corrected chi connectivity index (χ2v) is 10.9. The van der Waals surface area contributed by atoms with Gasteiger partial charge in [0, 0.05) is 25.3 Å². The SMILES string of the molecule is CC1=C(c2cccc(/C=C(\F)c3ccc(CNCCCO)c(C)c3)c2C)C=CCC=C1OCCCN1CCCC1. The van der Waals surface area contributed by atoms with Crippen molar-refractivity contribution < 1.29 is 14.2 Å². The molecule has 0 spiro atoms. The summed E-state index contributed by atoms with van der Waals surface area (Å²) in [6.45, 7) is 12.1. The van der Waals surface area contributed by atoms with Crippen molar-refractivity contribution in [2.24, 2.45) is 0 Å². The fourth-order valence-electron chi connectivity index (χ4n) is 5.50. The van der Waals surface area contributed by atoms with Gasteiger partial charge in [-0.05, 0) is 130 Å². The molecule has 1 saturated heterocycles. The van der Waals surface area contributed by atoms with E-state index in [4.69, 9.17) is 9.84 Å². The lowest BCUT2D eigenvalue weighted by Gasteiger charge is -2.18. The van der Waals surface area contributed by atoms with Gasteiger partial charge < -0.3 is 20.1 Å². The lowest BCUT2D eigenvalue weighted by Crippen LogP contribution is -2.21. The van der Waals surface area contributed by atoms with Crippen molar-refractivity contribution in [2.45, 2.75) is 59.4 Å². The van der Waals surface area contributed by atoms with Gasteiger partial charge in [-0.25, -0.2) is 4.39 Å². The van der Waals surface area contributed by atoms with Gasteiger partial charge in [0.25, 0.3) is 0 Å². The smallest absolute Gasteiger partial charge is 0.131 e. The number of rotatable bonds is 13. The quantitative estimate of drug-likeness (QED) is 0.204. The van der Waals surface area contributed by atoms with E-state index >= 15 is 4.39 Å². The second-order valence-electron chi connectivity index (χ2n) is 10.9. The first kappa shape index (κ1) is 30.0. The maximum absolute atomic E-state index is 15.5. The van der Waals surface area contributed by atoms with E-state index in [0.29, 0.717) is 12.1 Å². The van der Waals surface area contributed by atoms with E-state index in [1.165, 1.54) is 25.9 Å². The molecule has 0 bridgehead atoms. The molecule has 214 valence electrons. The van der Waals surface area contributed by atoms with Crippen LogP contribution in [0.5, 0.6) is 0 Å². The third-order valence-electron chi connectivity index (χ3n) is 7.97. The molecule has 2 aliphatic rings. The molecular weight excluding hydrogens is 499 g/mol. The monoisotopic (exact) mass is 544 g/mol. The van der Waals surface area contributed by atoms with Gasteiger partial charge in [0.1, 0.15) is 11.6 Å². The molecule has 0 unspecified atom stereocenters. The van der Waals surface area contributed by atoms with Crippen molar-refractivity contribution in [3.05, 3.63) is 99.3 Å². The van der Waals surface area contributed by atoms with E-state index in [-0.39, 0.29) is 12.4 Å². The van der Waals surface area contributed by atoms with Gasteiger partial charge in [0.15, 0.2) is 0 Å². The highest BCUT2D eigenvalue weighted by atomic mass is 19.1. The number of nitrogens with zero attached hydrogens (tertiary/aromatic N) is 1. The summed E-state index contributed by atoms with van der Waals surface area (Å²) in [5.74, 6) is 0.710. The Labute approximate surface area is 239 Å². The summed E-state index contributed by atoms with van der Waals surface area (Å²) in [6.07, 6.45) is 13.4. The van der Waals surface area contributed by atoms with Crippen LogP contribution < -0.4 is 5.32 Å². The van der Waals surface area contributed by atoms with Gasteiger partial charge in [-0.15, -0.1) is 0 Å². The highest BCUT2D eigenvalue weighted by molar-refractivity contribution is 5.85. The van der Waals surface area contributed by atoms with Gasteiger partial charge in [-0.1, -0.05) is 42.5 Å². The Balaban J connectivity index is 1.48. The van der Waals surface area contributed by atoms with Gasteiger partial charge in [0.2, 0.25) is 0 Å². The van der Waals surface area contributed by atoms with Crippen LogP contribution in [-0.4, -0.2) is 49.4 Å². The summed E-state index contributed by atoms with van der Waals surface area (Å²) >= 11 is 0. The molecule has 2 aromatic rings. The van der Waals surface area contributed by atoms with E-state index in [1.807, 2.05) is 37.3 Å². The first-order valence-corrected chi connectivity index (χ1v) is 14.8. The maximum Gasteiger partial charge on any atom is 0.131 e. The minimum atomic E-state index is -0.243. The zero-order chi connectivity index (χ0) is 28.3. The normalized spacial score (nSPS) is 16.4. The molecule has 0 atom stereocenters. The Hall–Kier alpha value is -2.99. The van der Waals surface area contributed by atoms with E-state index in [2.05, 4.69) is 48.4 Å². The lowest BCUT2D eigenvalue weighted by atomic mass is 9.92. The van der Waals surface area contributed by atoms with Gasteiger partial charge in [-0.3, -0.25) is 0 Å². The molecule has 1 fully saturated rings. The average molecular weight is 545 g/mol. The molecule has 4 nitrogen and oxygen atoms in total. The Kier molecular flexibility index (Phi) is 11.3. The number of aliphatic hydroxyl groups is 1. The molecule has 1 aliphatic carbocycles. The van der Waals surface area contributed by atoms with Gasteiger partial charge in [0.05, 0.1) is 6.61 Å². The molecule has 0 saturated carbocycles. The molecular formula is C35H45FN2O2. The van der Waals surface area contributed by atoms with Crippen molar-refractivity contribution in [1.82, 2.24) is 10.2 Å². The summed E-state index contributed by atoms with van der Waals surface area (Å²) in [4.78, 5) is 2.52. The van der Waals surface area contributed by atoms with Crippen LogP contribution in [0.2, 0.25) is 0 Å². The number of hydrogen-bond donors (Lipinski definition) is 2. The summed E-state index contributed by atoms with van der Waals surface area (Å²) in [5.41, 5.74) is 8.04. The van der Waals surface area contributed by atoms with E-state index < -0.39 is 0 Å². The Bertz CT molecular complexity index is 1270. The van der Waals surface area contributed by atoms with Gasteiger partial charge in [-0.2, -0.15) is 0 Å². The van der Waals surface area contributed by atoms with Crippen LogP contribution in [-0.2, 0) is 11.3 Å². The summed E-state index contributed by atoms with van der Waals surface area (Å²) in [7, 11) is 0. The lowest BCUT2D eigenvalue weighted by molar-refractivity contribution is 0.196. The maximum atomic E-state index is 15.5. The Morgan fingerprint density at radius 1 is 1.10 bits per heavy atom. The number of allylic oxidation sites excluding steroid dienone is 5. The van der Waals surface area contributed by atoms with Crippen molar-refractivity contribution in [3.8, 4) is 0 Å². The number of nitrogens with one attached hydrogen (secondary N) is 1. The molecule has 0 aromatic heterocycles. The number of benzene rings is 2. The van der Waals surface area contributed by atoms with Crippen LogP contribution in [0.25, 0.3) is 17.5 Å². The van der Waals surface area contributed by atoms with Crippen LogP contribution in [0.4, 0.5) is 4.39 Å². The number of aliphatic hydroxyl groups excluding tert-OH is 1. The molecule has 0 radical (unpaired) electrons. The van der Waals surface area contributed by atoms with Crippen molar-refractivity contribution in [1.29, 1.82) is 0 Å². The molecule has 1 aliphatic heterocycles. The number of aryl methyl sites for hydroxylation is 1. The van der Waals surface area contributed by atoms with Crippen molar-refractivity contribution >= 4 is 17.5 Å². The largest absolute Gasteiger partial charge is 0.494 e. The molecule has 1 heterocycles. The molecule has 4 rings (SSSR count). The van der Waals surface area contributed by atoms with E-state index in [0.717, 1.165) is 83.7 Å². The summed E-state index contributed by atoms with van der Waals surface area (Å²) < 4.78 is 21.8. The number of likely N-dealkylation sites (tertiary alicyclic amines) is 1. The van der Waals surface area contributed by atoms with E-state index in [1.54, 1.807) is 6.08 Å². The van der Waals surface area contributed by atoms with Crippen LogP contribution >= 0.6 is 0 Å². The van der Waals surface area contributed by atoms with Crippen molar-refractivity contribution in [2.75, 3.05) is 39.4 Å². The molecule has 2 N–H and O–H groups in total. The zero-order valence-corrected chi connectivity index (χ0v) is 24.4. The highest BCUT2D eigenvalue weighted by Crippen LogP contribution is 2.33. The first-order chi connectivity index (χ1) is 19.5. The van der Waals surface area contributed by atoms with Crippen LogP contribution in [0.1, 0.15) is 72.4 Å². The fraction of sp³-hybridized carbons (Fsp3) is 0.429. The van der Waals surface area contributed by atoms with Crippen molar-refractivity contribution in [3.63, 3.8) is 0 Å². The molecule has 40 heavy (non-hydrogen) atoms. The van der Waals surface area contributed by atoms with Crippen LogP contribution in [0.3, 0.4) is 0 Å².